The first kappa shape index (κ1) is 13.8. The highest BCUT2D eigenvalue weighted by atomic mass is 16.6. The Hall–Kier alpha value is -1.26. The highest BCUT2D eigenvalue weighted by Crippen LogP contribution is 2.22. The molecule has 98 valence electrons. The summed E-state index contributed by atoms with van der Waals surface area (Å²) in [5.74, 6) is -0.270. The van der Waals surface area contributed by atoms with Gasteiger partial charge in [-0.2, -0.15) is 0 Å². The van der Waals surface area contributed by atoms with Crippen LogP contribution >= 0.6 is 0 Å². The van der Waals surface area contributed by atoms with Crippen LogP contribution in [0.5, 0.6) is 0 Å². The first-order valence-corrected chi connectivity index (χ1v) is 5.93. The van der Waals surface area contributed by atoms with Crippen LogP contribution in [-0.2, 0) is 14.3 Å². The van der Waals surface area contributed by atoms with Crippen LogP contribution in [-0.4, -0.2) is 29.8 Å². The Balaban J connectivity index is 2.30. The predicted octanol–water partition coefficient (Wildman–Crippen LogP) is 2.00. The van der Waals surface area contributed by atoms with Crippen LogP contribution < -0.4 is 5.32 Å². The Bertz CT molecular complexity index is 295. The number of esters is 1. The summed E-state index contributed by atoms with van der Waals surface area (Å²) in [6, 6.07) is 0.0363. The number of nitrogens with one attached hydrogen (secondary N) is 1. The Kier molecular flexibility index (Phi) is 4.37. The minimum absolute atomic E-state index is 0.0363. The normalized spacial score (nSPS) is 24.2. The van der Waals surface area contributed by atoms with E-state index in [1.807, 2.05) is 20.8 Å². The molecule has 0 aromatic carbocycles. The molecule has 0 bridgehead atoms. The van der Waals surface area contributed by atoms with Crippen molar-refractivity contribution in [3.8, 4) is 0 Å². The average Bonchev–Trinajstić information content (AvgIpc) is 2.46. The molecule has 1 fully saturated rings. The first-order chi connectivity index (χ1) is 7.76. The van der Waals surface area contributed by atoms with E-state index in [2.05, 4.69) is 5.32 Å². The summed E-state index contributed by atoms with van der Waals surface area (Å²) in [7, 11) is 0. The van der Waals surface area contributed by atoms with Crippen molar-refractivity contribution >= 4 is 12.1 Å². The molecule has 0 aliphatic heterocycles. The highest BCUT2D eigenvalue weighted by Gasteiger charge is 2.29. The van der Waals surface area contributed by atoms with E-state index in [0.29, 0.717) is 6.42 Å². The highest BCUT2D eigenvalue weighted by molar-refractivity contribution is 5.68. The van der Waals surface area contributed by atoms with E-state index in [-0.39, 0.29) is 18.1 Å². The van der Waals surface area contributed by atoms with Crippen LogP contribution in [0.15, 0.2) is 0 Å². The van der Waals surface area contributed by atoms with Crippen molar-refractivity contribution in [2.45, 2.75) is 64.7 Å². The topological polar surface area (TPSA) is 64.6 Å². The lowest BCUT2D eigenvalue weighted by Gasteiger charge is -2.21. The van der Waals surface area contributed by atoms with Crippen LogP contribution in [0.3, 0.4) is 0 Å². The summed E-state index contributed by atoms with van der Waals surface area (Å²) in [4.78, 5) is 22.3. The molecule has 17 heavy (non-hydrogen) atoms. The van der Waals surface area contributed by atoms with Crippen molar-refractivity contribution < 1.29 is 19.1 Å². The second kappa shape index (κ2) is 5.38. The smallest absolute Gasteiger partial charge is 0.407 e. The van der Waals surface area contributed by atoms with Gasteiger partial charge in [0.05, 0.1) is 0 Å². The Morgan fingerprint density at radius 2 is 1.88 bits per heavy atom. The van der Waals surface area contributed by atoms with E-state index in [0.717, 1.165) is 12.8 Å². The van der Waals surface area contributed by atoms with Gasteiger partial charge < -0.3 is 14.8 Å². The molecule has 5 heteroatoms. The molecule has 0 spiro atoms. The second-order valence-electron chi connectivity index (χ2n) is 5.39. The van der Waals surface area contributed by atoms with E-state index in [1.54, 1.807) is 0 Å². The molecular weight excluding hydrogens is 222 g/mol. The monoisotopic (exact) mass is 243 g/mol. The van der Waals surface area contributed by atoms with Crippen LogP contribution in [0, 0.1) is 0 Å². The van der Waals surface area contributed by atoms with Gasteiger partial charge in [-0.05, 0) is 33.6 Å². The SMILES string of the molecule is CC(=O)O[C@@H]1CC[C@@H](NC(=O)OC(C)(C)C)C1. The van der Waals surface area contributed by atoms with Crippen molar-refractivity contribution in [3.63, 3.8) is 0 Å². The second-order valence-corrected chi connectivity index (χ2v) is 5.39. The van der Waals surface area contributed by atoms with Crippen molar-refractivity contribution in [1.29, 1.82) is 0 Å². The molecular formula is C12H21NO4. The fourth-order valence-corrected chi connectivity index (χ4v) is 1.89. The number of hydrogen-bond donors (Lipinski definition) is 1. The summed E-state index contributed by atoms with van der Waals surface area (Å²) in [5.41, 5.74) is -0.488. The Morgan fingerprint density at radius 1 is 1.24 bits per heavy atom. The molecule has 0 aromatic rings. The van der Waals surface area contributed by atoms with E-state index in [4.69, 9.17) is 9.47 Å². The van der Waals surface area contributed by atoms with Gasteiger partial charge in [0.25, 0.3) is 0 Å². The minimum Gasteiger partial charge on any atom is -0.462 e. The van der Waals surface area contributed by atoms with Gasteiger partial charge in [-0.25, -0.2) is 4.79 Å². The number of hydrogen-bond acceptors (Lipinski definition) is 4. The van der Waals surface area contributed by atoms with Crippen LogP contribution in [0.4, 0.5) is 4.79 Å². The molecule has 2 atom stereocenters. The third kappa shape index (κ3) is 5.56. The molecule has 1 rings (SSSR count). The third-order valence-corrected chi connectivity index (χ3v) is 2.44. The van der Waals surface area contributed by atoms with Crippen LogP contribution in [0.2, 0.25) is 0 Å². The van der Waals surface area contributed by atoms with Gasteiger partial charge in [0, 0.05) is 19.4 Å². The molecule has 1 aliphatic rings. The summed E-state index contributed by atoms with van der Waals surface area (Å²) >= 11 is 0. The largest absolute Gasteiger partial charge is 0.462 e. The number of carbonyl (C=O) groups is 2. The Labute approximate surface area is 102 Å². The average molecular weight is 243 g/mol. The zero-order chi connectivity index (χ0) is 13.1. The predicted molar refractivity (Wildman–Crippen MR) is 62.6 cm³/mol. The number of carbonyl (C=O) groups excluding carboxylic acids is 2. The lowest BCUT2D eigenvalue weighted by atomic mass is 10.2. The zero-order valence-corrected chi connectivity index (χ0v) is 10.9. The number of rotatable bonds is 2. The van der Waals surface area contributed by atoms with Gasteiger partial charge in [-0.3, -0.25) is 4.79 Å². The van der Waals surface area contributed by atoms with Gasteiger partial charge in [0.1, 0.15) is 11.7 Å². The van der Waals surface area contributed by atoms with Gasteiger partial charge >= 0.3 is 12.1 Å². The van der Waals surface area contributed by atoms with E-state index in [1.165, 1.54) is 6.92 Å². The van der Waals surface area contributed by atoms with Gasteiger partial charge in [-0.15, -0.1) is 0 Å². The van der Waals surface area contributed by atoms with E-state index < -0.39 is 11.7 Å². The van der Waals surface area contributed by atoms with Crippen LogP contribution in [0.25, 0.3) is 0 Å². The molecule has 1 saturated carbocycles. The summed E-state index contributed by atoms with van der Waals surface area (Å²) in [6.45, 7) is 6.86. The maximum Gasteiger partial charge on any atom is 0.407 e. The number of alkyl carbamates (subject to hydrolysis) is 1. The minimum atomic E-state index is -0.488. The van der Waals surface area contributed by atoms with Gasteiger partial charge in [-0.1, -0.05) is 0 Å². The van der Waals surface area contributed by atoms with Crippen molar-refractivity contribution in [1.82, 2.24) is 5.32 Å². The molecule has 5 nitrogen and oxygen atoms in total. The lowest BCUT2D eigenvalue weighted by Crippen LogP contribution is -2.38. The maximum absolute atomic E-state index is 11.5. The fraction of sp³-hybridized carbons (Fsp3) is 0.833. The quantitative estimate of drug-likeness (QED) is 0.753. The van der Waals surface area contributed by atoms with Gasteiger partial charge in [0.15, 0.2) is 0 Å². The summed E-state index contributed by atoms with van der Waals surface area (Å²) in [5, 5.41) is 2.79. The molecule has 0 saturated heterocycles. The standard InChI is InChI=1S/C12H21NO4/c1-8(14)16-10-6-5-9(7-10)13-11(15)17-12(2,3)4/h9-10H,5-7H2,1-4H3,(H,13,15)/t9-,10-/m1/s1. The van der Waals surface area contributed by atoms with E-state index in [9.17, 15) is 9.59 Å². The maximum atomic E-state index is 11.5. The number of amides is 1. The zero-order valence-electron chi connectivity index (χ0n) is 10.9. The van der Waals surface area contributed by atoms with Crippen LogP contribution in [0.1, 0.15) is 47.0 Å². The molecule has 1 N–H and O–H groups in total. The molecule has 1 amide bonds. The fourth-order valence-electron chi connectivity index (χ4n) is 1.89. The summed E-state index contributed by atoms with van der Waals surface area (Å²) in [6.07, 6.45) is 1.79. The molecule has 0 heterocycles. The molecule has 1 aliphatic carbocycles. The van der Waals surface area contributed by atoms with Crippen molar-refractivity contribution in [3.05, 3.63) is 0 Å². The molecule has 0 aromatic heterocycles. The van der Waals surface area contributed by atoms with Crippen molar-refractivity contribution in [2.24, 2.45) is 0 Å². The number of ether oxygens (including phenoxy) is 2. The molecule has 0 radical (unpaired) electrons. The third-order valence-electron chi connectivity index (χ3n) is 2.44. The van der Waals surface area contributed by atoms with E-state index >= 15 is 0 Å². The Morgan fingerprint density at radius 3 is 2.41 bits per heavy atom. The van der Waals surface area contributed by atoms with Gasteiger partial charge in [0.2, 0.25) is 0 Å². The molecule has 0 unspecified atom stereocenters. The first-order valence-electron chi connectivity index (χ1n) is 5.93. The van der Waals surface area contributed by atoms with Crippen molar-refractivity contribution in [2.75, 3.05) is 0 Å². The lowest BCUT2D eigenvalue weighted by molar-refractivity contribution is -0.145. The summed E-state index contributed by atoms with van der Waals surface area (Å²) < 4.78 is 10.3.